The highest BCUT2D eigenvalue weighted by atomic mass is 79.9. The fourth-order valence-electron chi connectivity index (χ4n) is 2.84. The SMILES string of the molecule is CC(C)C1CCN(c2ccc(/C(N)=N/O)c(Br)c2F)CC1. The Labute approximate surface area is 132 Å². The van der Waals surface area contributed by atoms with Crippen LogP contribution in [0.5, 0.6) is 0 Å². The summed E-state index contributed by atoms with van der Waals surface area (Å²) < 4.78 is 14.8. The normalized spacial score (nSPS) is 17.6. The fourth-order valence-corrected chi connectivity index (χ4v) is 3.38. The van der Waals surface area contributed by atoms with E-state index in [0.717, 1.165) is 25.9 Å². The van der Waals surface area contributed by atoms with Crippen LogP contribution in [0.25, 0.3) is 0 Å². The van der Waals surface area contributed by atoms with Crippen LogP contribution in [0.15, 0.2) is 21.8 Å². The summed E-state index contributed by atoms with van der Waals surface area (Å²) in [7, 11) is 0. The van der Waals surface area contributed by atoms with Crippen LogP contribution < -0.4 is 10.6 Å². The second-order valence-electron chi connectivity index (χ2n) is 5.81. The van der Waals surface area contributed by atoms with Crippen LogP contribution in [0.3, 0.4) is 0 Å². The molecule has 1 aliphatic rings. The van der Waals surface area contributed by atoms with Crippen LogP contribution >= 0.6 is 15.9 Å². The smallest absolute Gasteiger partial charge is 0.171 e. The number of amidine groups is 1. The number of benzene rings is 1. The number of nitrogens with zero attached hydrogens (tertiary/aromatic N) is 2. The average molecular weight is 358 g/mol. The molecule has 2 rings (SSSR count). The van der Waals surface area contributed by atoms with E-state index in [1.54, 1.807) is 12.1 Å². The summed E-state index contributed by atoms with van der Waals surface area (Å²) in [5.41, 5.74) is 6.46. The number of oxime groups is 1. The molecule has 0 aromatic heterocycles. The van der Waals surface area contributed by atoms with Crippen molar-refractivity contribution in [2.24, 2.45) is 22.7 Å². The number of piperidine rings is 1. The van der Waals surface area contributed by atoms with Crippen molar-refractivity contribution in [2.75, 3.05) is 18.0 Å². The lowest BCUT2D eigenvalue weighted by atomic mass is 9.86. The Morgan fingerprint density at radius 2 is 2.05 bits per heavy atom. The number of halogens is 2. The largest absolute Gasteiger partial charge is 0.409 e. The first kappa shape index (κ1) is 16.1. The molecule has 116 valence electrons. The van der Waals surface area contributed by atoms with Gasteiger partial charge < -0.3 is 15.8 Å². The lowest BCUT2D eigenvalue weighted by Gasteiger charge is -2.35. The van der Waals surface area contributed by atoms with Gasteiger partial charge in [0.05, 0.1) is 10.2 Å². The minimum atomic E-state index is -0.359. The Hall–Kier alpha value is -1.30. The van der Waals surface area contributed by atoms with Gasteiger partial charge in [-0.25, -0.2) is 4.39 Å². The van der Waals surface area contributed by atoms with Crippen LogP contribution in [0, 0.1) is 17.7 Å². The van der Waals surface area contributed by atoms with Gasteiger partial charge in [-0.05, 0) is 52.7 Å². The van der Waals surface area contributed by atoms with E-state index in [2.05, 4.69) is 39.8 Å². The molecule has 0 radical (unpaired) electrons. The Morgan fingerprint density at radius 3 is 2.57 bits per heavy atom. The van der Waals surface area contributed by atoms with Gasteiger partial charge in [-0.15, -0.1) is 0 Å². The summed E-state index contributed by atoms with van der Waals surface area (Å²) in [4.78, 5) is 2.06. The highest BCUT2D eigenvalue weighted by Gasteiger charge is 2.24. The van der Waals surface area contributed by atoms with Gasteiger partial charge in [-0.3, -0.25) is 0 Å². The standard InChI is InChI=1S/C15H21BrFN3O/c1-9(2)10-5-7-20(8-6-10)12-4-3-11(15(18)19-21)13(16)14(12)17/h3-4,9-10,21H,5-8H2,1-2H3,(H2,18,19). The molecule has 1 aromatic rings. The molecule has 6 heteroatoms. The van der Waals surface area contributed by atoms with Gasteiger partial charge in [-0.1, -0.05) is 19.0 Å². The zero-order valence-electron chi connectivity index (χ0n) is 12.3. The van der Waals surface area contributed by atoms with Crippen molar-refractivity contribution in [2.45, 2.75) is 26.7 Å². The third-order valence-electron chi connectivity index (χ3n) is 4.27. The minimum absolute atomic E-state index is 0.106. The van der Waals surface area contributed by atoms with Crippen LogP contribution in [-0.4, -0.2) is 24.1 Å². The predicted octanol–water partition coefficient (Wildman–Crippen LogP) is 3.56. The van der Waals surface area contributed by atoms with Gasteiger partial charge in [0, 0.05) is 18.7 Å². The van der Waals surface area contributed by atoms with Gasteiger partial charge in [0.2, 0.25) is 0 Å². The summed E-state index contributed by atoms with van der Waals surface area (Å²) in [6.07, 6.45) is 2.16. The predicted molar refractivity (Wildman–Crippen MR) is 86.4 cm³/mol. The van der Waals surface area contributed by atoms with E-state index in [1.165, 1.54) is 0 Å². The first-order valence-corrected chi connectivity index (χ1v) is 7.95. The first-order valence-electron chi connectivity index (χ1n) is 7.16. The van der Waals surface area contributed by atoms with E-state index >= 15 is 0 Å². The average Bonchev–Trinajstić information content (AvgIpc) is 2.49. The Morgan fingerprint density at radius 1 is 1.43 bits per heavy atom. The molecule has 21 heavy (non-hydrogen) atoms. The molecule has 0 amide bonds. The summed E-state index contributed by atoms with van der Waals surface area (Å²) in [5, 5.41) is 11.6. The van der Waals surface area contributed by atoms with Crippen molar-refractivity contribution >= 4 is 27.5 Å². The molecule has 1 heterocycles. The maximum absolute atomic E-state index is 14.5. The quantitative estimate of drug-likeness (QED) is 0.376. The van der Waals surface area contributed by atoms with Crippen LogP contribution in [0.4, 0.5) is 10.1 Å². The molecule has 0 atom stereocenters. The Bertz CT molecular complexity index is 540. The molecule has 0 spiro atoms. The maximum Gasteiger partial charge on any atom is 0.171 e. The number of hydrogen-bond donors (Lipinski definition) is 2. The molecule has 1 saturated heterocycles. The number of nitrogens with two attached hydrogens (primary N) is 1. The lowest BCUT2D eigenvalue weighted by Crippen LogP contribution is -2.35. The molecule has 0 aliphatic carbocycles. The van der Waals surface area contributed by atoms with Crippen LogP contribution in [-0.2, 0) is 0 Å². The number of rotatable bonds is 3. The van der Waals surface area contributed by atoms with Crippen molar-refractivity contribution in [1.82, 2.24) is 0 Å². The van der Waals surface area contributed by atoms with E-state index in [-0.39, 0.29) is 16.1 Å². The van der Waals surface area contributed by atoms with Crippen LogP contribution in [0.1, 0.15) is 32.3 Å². The van der Waals surface area contributed by atoms with E-state index in [4.69, 9.17) is 10.9 Å². The maximum atomic E-state index is 14.5. The molecular weight excluding hydrogens is 337 g/mol. The monoisotopic (exact) mass is 357 g/mol. The Balaban J connectivity index is 2.21. The summed E-state index contributed by atoms with van der Waals surface area (Å²) in [6, 6.07) is 3.37. The van der Waals surface area contributed by atoms with Crippen molar-refractivity contribution in [3.05, 3.63) is 28.0 Å². The van der Waals surface area contributed by atoms with Crippen molar-refractivity contribution in [1.29, 1.82) is 0 Å². The molecule has 3 N–H and O–H groups in total. The molecule has 1 aromatic carbocycles. The first-order chi connectivity index (χ1) is 9.95. The molecule has 0 unspecified atom stereocenters. The van der Waals surface area contributed by atoms with Crippen molar-refractivity contribution in [3.63, 3.8) is 0 Å². The summed E-state index contributed by atoms with van der Waals surface area (Å²) >= 11 is 3.20. The summed E-state index contributed by atoms with van der Waals surface area (Å²) in [5.74, 6) is 0.920. The molecule has 0 bridgehead atoms. The second kappa shape index (κ2) is 6.64. The zero-order valence-corrected chi connectivity index (χ0v) is 13.9. The minimum Gasteiger partial charge on any atom is -0.409 e. The van der Waals surface area contributed by atoms with Crippen molar-refractivity contribution in [3.8, 4) is 0 Å². The van der Waals surface area contributed by atoms with Gasteiger partial charge in [0.25, 0.3) is 0 Å². The zero-order chi connectivity index (χ0) is 15.6. The molecule has 1 aliphatic heterocycles. The molecule has 1 fully saturated rings. The van der Waals surface area contributed by atoms with Gasteiger partial charge in [0.1, 0.15) is 0 Å². The highest BCUT2D eigenvalue weighted by molar-refractivity contribution is 9.10. The number of anilines is 1. The van der Waals surface area contributed by atoms with E-state index in [0.29, 0.717) is 23.1 Å². The van der Waals surface area contributed by atoms with Crippen LogP contribution in [0.2, 0.25) is 0 Å². The summed E-state index contributed by atoms with van der Waals surface area (Å²) in [6.45, 7) is 6.19. The van der Waals surface area contributed by atoms with E-state index in [9.17, 15) is 4.39 Å². The van der Waals surface area contributed by atoms with E-state index in [1.807, 2.05) is 0 Å². The molecule has 4 nitrogen and oxygen atoms in total. The number of hydrogen-bond acceptors (Lipinski definition) is 3. The Kier molecular flexibility index (Phi) is 5.08. The second-order valence-corrected chi connectivity index (χ2v) is 6.61. The van der Waals surface area contributed by atoms with E-state index < -0.39 is 0 Å². The lowest BCUT2D eigenvalue weighted by molar-refractivity contribution is 0.310. The third-order valence-corrected chi connectivity index (χ3v) is 5.04. The highest BCUT2D eigenvalue weighted by Crippen LogP contribution is 2.33. The van der Waals surface area contributed by atoms with Gasteiger partial charge in [0.15, 0.2) is 11.7 Å². The fraction of sp³-hybridized carbons (Fsp3) is 0.533. The third kappa shape index (κ3) is 3.31. The van der Waals surface area contributed by atoms with Crippen molar-refractivity contribution < 1.29 is 9.60 Å². The van der Waals surface area contributed by atoms with Gasteiger partial charge >= 0.3 is 0 Å². The van der Waals surface area contributed by atoms with Gasteiger partial charge in [-0.2, -0.15) is 0 Å². The molecular formula is C15H21BrFN3O. The molecule has 0 saturated carbocycles. The topological polar surface area (TPSA) is 61.8 Å².